The number of hydrogen-bond donors (Lipinski definition) is 1. The Bertz CT molecular complexity index is 309. The van der Waals surface area contributed by atoms with E-state index in [0.29, 0.717) is 6.54 Å². The van der Waals surface area contributed by atoms with Gasteiger partial charge in [0.1, 0.15) is 0 Å². The smallest absolute Gasteiger partial charge is 0.0174 e. The van der Waals surface area contributed by atoms with Gasteiger partial charge in [0.05, 0.1) is 0 Å². The molecule has 0 amide bonds. The first-order chi connectivity index (χ1) is 6.24. The molecule has 0 aliphatic rings. The molecular weight excluding hydrogens is 158 g/mol. The molecule has 0 heterocycles. The number of nitrogens with two attached hydrogens (primary N) is 1. The molecule has 1 aromatic carbocycles. The molecule has 13 heavy (non-hydrogen) atoms. The molecule has 0 unspecified atom stereocenters. The summed E-state index contributed by atoms with van der Waals surface area (Å²) in [5.41, 5.74) is 8.81. The highest BCUT2D eigenvalue weighted by molar-refractivity contribution is 5.57. The second-order valence-corrected chi connectivity index (χ2v) is 3.05. The average Bonchev–Trinajstić information content (AvgIpc) is 2.18. The van der Waals surface area contributed by atoms with Crippen molar-refractivity contribution < 1.29 is 0 Å². The van der Waals surface area contributed by atoms with Crippen LogP contribution >= 0.6 is 0 Å². The maximum absolute atomic E-state index is 5.49. The Kier molecular flexibility index (Phi) is 3.47. The largest absolute Gasteiger partial charge is 0.327 e. The van der Waals surface area contributed by atoms with Gasteiger partial charge in [-0.2, -0.15) is 0 Å². The molecule has 1 rings (SSSR count). The van der Waals surface area contributed by atoms with E-state index in [2.05, 4.69) is 24.8 Å². The van der Waals surface area contributed by atoms with Crippen molar-refractivity contribution in [3.05, 3.63) is 53.6 Å². The minimum Gasteiger partial charge on any atom is -0.327 e. The van der Waals surface area contributed by atoms with Gasteiger partial charge in [-0.15, -0.1) is 0 Å². The van der Waals surface area contributed by atoms with Crippen LogP contribution < -0.4 is 5.73 Å². The molecule has 0 spiro atoms. The number of benzene rings is 1. The van der Waals surface area contributed by atoms with E-state index in [1.807, 2.05) is 25.1 Å². The van der Waals surface area contributed by atoms with Gasteiger partial charge in [-0.1, -0.05) is 43.0 Å². The Morgan fingerprint density at radius 3 is 2.54 bits per heavy atom. The van der Waals surface area contributed by atoms with Crippen LogP contribution in [0, 0.1) is 0 Å². The normalized spacial score (nSPS) is 11.4. The molecule has 0 radical (unpaired) electrons. The van der Waals surface area contributed by atoms with Crippen LogP contribution in [0.5, 0.6) is 0 Å². The Morgan fingerprint density at radius 2 is 2.00 bits per heavy atom. The zero-order valence-corrected chi connectivity index (χ0v) is 7.96. The molecule has 68 valence electrons. The molecule has 0 atom stereocenters. The lowest BCUT2D eigenvalue weighted by atomic mass is 10.1. The molecule has 0 saturated carbocycles. The van der Waals surface area contributed by atoms with Crippen LogP contribution in [0.4, 0.5) is 0 Å². The first kappa shape index (κ1) is 9.75. The second kappa shape index (κ2) is 4.63. The molecular formula is C12H15N. The van der Waals surface area contributed by atoms with Gasteiger partial charge in [0.2, 0.25) is 0 Å². The maximum Gasteiger partial charge on any atom is 0.0174 e. The Morgan fingerprint density at radius 1 is 1.38 bits per heavy atom. The first-order valence-electron chi connectivity index (χ1n) is 4.35. The molecule has 0 aromatic heterocycles. The zero-order valence-electron chi connectivity index (χ0n) is 7.96. The van der Waals surface area contributed by atoms with Crippen LogP contribution in [0.15, 0.2) is 48.1 Å². The van der Waals surface area contributed by atoms with E-state index in [1.54, 1.807) is 0 Å². The minimum atomic E-state index is 0.523. The van der Waals surface area contributed by atoms with E-state index in [1.165, 1.54) is 5.56 Å². The van der Waals surface area contributed by atoms with Crippen LogP contribution in [0.3, 0.4) is 0 Å². The number of rotatable bonds is 3. The van der Waals surface area contributed by atoms with E-state index in [-0.39, 0.29) is 0 Å². The summed E-state index contributed by atoms with van der Waals surface area (Å²) in [6.07, 6.45) is 2.09. The van der Waals surface area contributed by atoms with E-state index in [0.717, 1.165) is 11.1 Å². The second-order valence-electron chi connectivity index (χ2n) is 3.05. The predicted molar refractivity (Wildman–Crippen MR) is 58.3 cm³/mol. The fourth-order valence-electron chi connectivity index (χ4n) is 1.06. The lowest BCUT2D eigenvalue weighted by Gasteiger charge is -2.02. The van der Waals surface area contributed by atoms with E-state index < -0.39 is 0 Å². The van der Waals surface area contributed by atoms with Gasteiger partial charge < -0.3 is 5.73 Å². The summed E-state index contributed by atoms with van der Waals surface area (Å²) in [6, 6.07) is 10.2. The summed E-state index contributed by atoms with van der Waals surface area (Å²) in [7, 11) is 0. The van der Waals surface area contributed by atoms with Crippen molar-refractivity contribution in [3.8, 4) is 0 Å². The highest BCUT2D eigenvalue weighted by atomic mass is 14.5. The van der Waals surface area contributed by atoms with E-state index in [9.17, 15) is 0 Å². The molecule has 0 bridgehead atoms. The van der Waals surface area contributed by atoms with Crippen molar-refractivity contribution >= 4 is 6.08 Å². The summed E-state index contributed by atoms with van der Waals surface area (Å²) in [5, 5.41) is 0. The van der Waals surface area contributed by atoms with Gasteiger partial charge in [-0.05, 0) is 23.6 Å². The summed E-state index contributed by atoms with van der Waals surface area (Å²) in [4.78, 5) is 0. The van der Waals surface area contributed by atoms with Gasteiger partial charge in [-0.3, -0.25) is 0 Å². The summed E-state index contributed by atoms with van der Waals surface area (Å²) < 4.78 is 0. The van der Waals surface area contributed by atoms with Gasteiger partial charge in [0.15, 0.2) is 0 Å². The molecule has 0 saturated heterocycles. The highest BCUT2D eigenvalue weighted by Gasteiger charge is 1.93. The van der Waals surface area contributed by atoms with Crippen molar-refractivity contribution in [1.29, 1.82) is 0 Å². The van der Waals surface area contributed by atoms with Crippen LogP contribution in [0.25, 0.3) is 6.08 Å². The Hall–Kier alpha value is -1.34. The van der Waals surface area contributed by atoms with Crippen molar-refractivity contribution in [2.75, 3.05) is 6.54 Å². The Balaban J connectivity index is 2.83. The van der Waals surface area contributed by atoms with Crippen molar-refractivity contribution in [2.45, 2.75) is 6.92 Å². The predicted octanol–water partition coefficient (Wildman–Crippen LogP) is 2.60. The molecule has 1 heteroatoms. The molecule has 0 aliphatic heterocycles. The minimum absolute atomic E-state index is 0.523. The van der Waals surface area contributed by atoms with Crippen molar-refractivity contribution in [3.63, 3.8) is 0 Å². The van der Waals surface area contributed by atoms with Gasteiger partial charge in [0.25, 0.3) is 0 Å². The Labute approximate surface area is 79.6 Å². The topological polar surface area (TPSA) is 26.0 Å². The highest BCUT2D eigenvalue weighted by Crippen LogP contribution is 2.11. The maximum atomic E-state index is 5.49. The lowest BCUT2D eigenvalue weighted by Crippen LogP contribution is -2.02. The average molecular weight is 173 g/mol. The molecule has 1 aromatic rings. The van der Waals surface area contributed by atoms with Crippen molar-refractivity contribution in [1.82, 2.24) is 0 Å². The summed E-state index contributed by atoms with van der Waals surface area (Å²) in [5.74, 6) is 0. The van der Waals surface area contributed by atoms with Crippen molar-refractivity contribution in [2.24, 2.45) is 5.73 Å². The quantitative estimate of drug-likeness (QED) is 0.698. The summed E-state index contributed by atoms with van der Waals surface area (Å²) >= 11 is 0. The molecule has 2 N–H and O–H groups in total. The van der Waals surface area contributed by atoms with E-state index >= 15 is 0 Å². The third-order valence-corrected chi connectivity index (χ3v) is 1.99. The first-order valence-corrected chi connectivity index (χ1v) is 4.35. The fraction of sp³-hybridized carbons (Fsp3) is 0.167. The monoisotopic (exact) mass is 173 g/mol. The summed E-state index contributed by atoms with van der Waals surface area (Å²) in [6.45, 7) is 6.43. The van der Waals surface area contributed by atoms with Crippen LogP contribution in [0.2, 0.25) is 0 Å². The van der Waals surface area contributed by atoms with E-state index in [4.69, 9.17) is 5.73 Å². The molecule has 1 nitrogen and oxygen atoms in total. The van der Waals surface area contributed by atoms with Gasteiger partial charge >= 0.3 is 0 Å². The van der Waals surface area contributed by atoms with Crippen LogP contribution in [0.1, 0.15) is 12.5 Å². The van der Waals surface area contributed by atoms with Gasteiger partial charge in [0, 0.05) is 6.54 Å². The van der Waals surface area contributed by atoms with Gasteiger partial charge in [-0.25, -0.2) is 0 Å². The fourth-order valence-corrected chi connectivity index (χ4v) is 1.06. The third-order valence-electron chi connectivity index (χ3n) is 1.99. The molecule has 0 aliphatic carbocycles. The third kappa shape index (κ3) is 2.88. The van der Waals surface area contributed by atoms with Crippen LogP contribution in [-0.2, 0) is 0 Å². The number of hydrogen-bond acceptors (Lipinski definition) is 1. The zero-order chi connectivity index (χ0) is 9.68. The SMILES string of the molecule is C=C(CN)/C(C)=C/c1ccccc1. The molecule has 0 fully saturated rings. The van der Waals surface area contributed by atoms with Crippen LogP contribution in [-0.4, -0.2) is 6.54 Å². The lowest BCUT2D eigenvalue weighted by molar-refractivity contribution is 1.16. The standard InChI is InChI=1S/C12H15N/c1-10(11(2)9-13)8-12-6-4-3-5-7-12/h3-8H,2,9,13H2,1H3/b10-8+.